The average Bonchev–Trinajstić information content (AvgIpc) is 2.95. The molecule has 0 aliphatic carbocycles. The predicted molar refractivity (Wildman–Crippen MR) is 88.4 cm³/mol. The summed E-state index contributed by atoms with van der Waals surface area (Å²) in [4.78, 5) is 17.3. The van der Waals surface area contributed by atoms with E-state index in [4.69, 9.17) is 5.26 Å². The molecule has 5 nitrogen and oxygen atoms in total. The van der Waals surface area contributed by atoms with Crippen molar-refractivity contribution in [2.24, 2.45) is 0 Å². The summed E-state index contributed by atoms with van der Waals surface area (Å²) in [5, 5.41) is 12.0. The summed E-state index contributed by atoms with van der Waals surface area (Å²) in [6.07, 6.45) is 2.49. The maximum absolute atomic E-state index is 12.8. The number of aryl methyl sites for hydroxylation is 2. The molecule has 3 rings (SSSR count). The normalized spacial score (nSPS) is 10.5. The van der Waals surface area contributed by atoms with E-state index >= 15 is 0 Å². The molecule has 3 aromatic rings. The van der Waals surface area contributed by atoms with E-state index in [2.05, 4.69) is 16.4 Å². The molecule has 0 bridgehead atoms. The topological polar surface area (TPSA) is 70.2 Å². The fourth-order valence-corrected chi connectivity index (χ4v) is 2.61. The molecule has 114 valence electrons. The van der Waals surface area contributed by atoms with Gasteiger partial charge in [-0.05, 0) is 37.1 Å². The Morgan fingerprint density at radius 3 is 2.83 bits per heavy atom. The van der Waals surface area contributed by atoms with Crippen LogP contribution in [0.2, 0.25) is 0 Å². The number of aromatic nitrogens is 2. The number of nitrogens with zero attached hydrogens (tertiary/aromatic N) is 3. The number of anilines is 1. The minimum Gasteiger partial charge on any atom is -0.319 e. The molecular formula is C18H16N4O. The third-order valence-electron chi connectivity index (χ3n) is 3.76. The summed E-state index contributed by atoms with van der Waals surface area (Å²) in [5.41, 5.74) is 3.99. The Labute approximate surface area is 134 Å². The second-order valence-electron chi connectivity index (χ2n) is 5.26. The first-order valence-corrected chi connectivity index (χ1v) is 7.42. The van der Waals surface area contributed by atoms with E-state index in [1.165, 1.54) is 0 Å². The Hall–Kier alpha value is -3.13. The first kappa shape index (κ1) is 14.8. The van der Waals surface area contributed by atoms with Gasteiger partial charge in [-0.3, -0.25) is 9.20 Å². The van der Waals surface area contributed by atoms with Crippen LogP contribution in [-0.2, 0) is 6.42 Å². The molecule has 23 heavy (non-hydrogen) atoms. The second kappa shape index (κ2) is 5.93. The number of nitriles is 1. The zero-order chi connectivity index (χ0) is 16.4. The highest BCUT2D eigenvalue weighted by Gasteiger charge is 2.19. The van der Waals surface area contributed by atoms with Gasteiger partial charge >= 0.3 is 0 Å². The number of benzene rings is 1. The summed E-state index contributed by atoms with van der Waals surface area (Å²) in [5.74, 6) is -0.261. The van der Waals surface area contributed by atoms with Gasteiger partial charge in [-0.25, -0.2) is 4.98 Å². The Balaban J connectivity index is 2.08. The fourth-order valence-electron chi connectivity index (χ4n) is 2.61. The predicted octanol–water partition coefficient (Wildman–Crippen LogP) is 3.33. The van der Waals surface area contributed by atoms with Crippen LogP contribution < -0.4 is 5.32 Å². The van der Waals surface area contributed by atoms with Crippen LogP contribution in [-0.4, -0.2) is 15.3 Å². The second-order valence-corrected chi connectivity index (χ2v) is 5.26. The number of hydrogen-bond acceptors (Lipinski definition) is 3. The average molecular weight is 304 g/mol. The van der Waals surface area contributed by atoms with Crippen molar-refractivity contribution >= 4 is 17.2 Å². The first-order valence-electron chi connectivity index (χ1n) is 7.42. The molecule has 2 heterocycles. The van der Waals surface area contributed by atoms with Gasteiger partial charge in [0, 0.05) is 6.20 Å². The molecule has 1 N–H and O–H groups in total. The number of pyridine rings is 1. The van der Waals surface area contributed by atoms with Gasteiger partial charge in [0.15, 0.2) is 0 Å². The number of para-hydroxylation sites is 1. The molecule has 0 spiro atoms. The van der Waals surface area contributed by atoms with Crippen molar-refractivity contribution in [3.63, 3.8) is 0 Å². The van der Waals surface area contributed by atoms with Gasteiger partial charge in [0.2, 0.25) is 0 Å². The molecule has 0 saturated carbocycles. The molecule has 0 saturated heterocycles. The summed E-state index contributed by atoms with van der Waals surface area (Å²) in [6, 6.07) is 12.9. The monoisotopic (exact) mass is 304 g/mol. The van der Waals surface area contributed by atoms with Gasteiger partial charge < -0.3 is 5.32 Å². The van der Waals surface area contributed by atoms with Gasteiger partial charge in [0.05, 0.1) is 16.9 Å². The van der Waals surface area contributed by atoms with Crippen molar-refractivity contribution in [1.82, 2.24) is 9.38 Å². The number of carbonyl (C=O) groups excluding carboxylic acids is 1. The lowest BCUT2D eigenvalue weighted by Crippen LogP contribution is -2.17. The number of imidazole rings is 1. The van der Waals surface area contributed by atoms with Crippen molar-refractivity contribution in [1.29, 1.82) is 5.26 Å². The maximum atomic E-state index is 12.8. The van der Waals surface area contributed by atoms with E-state index in [1.54, 1.807) is 28.7 Å². The lowest BCUT2D eigenvalue weighted by Gasteiger charge is -2.08. The van der Waals surface area contributed by atoms with Crippen molar-refractivity contribution in [3.05, 3.63) is 65.1 Å². The summed E-state index contributed by atoms with van der Waals surface area (Å²) >= 11 is 0. The number of nitrogens with one attached hydrogen (secondary N) is 1. The lowest BCUT2D eigenvalue weighted by molar-refractivity contribution is 0.102. The highest BCUT2D eigenvalue weighted by Crippen LogP contribution is 2.20. The Bertz CT molecular complexity index is 934. The number of carbonyl (C=O) groups is 1. The van der Waals surface area contributed by atoms with Crippen LogP contribution in [0.5, 0.6) is 0 Å². The Morgan fingerprint density at radius 1 is 1.30 bits per heavy atom. The maximum Gasteiger partial charge on any atom is 0.274 e. The number of hydrogen-bond donors (Lipinski definition) is 1. The van der Waals surface area contributed by atoms with Crippen molar-refractivity contribution < 1.29 is 4.79 Å². The standard InChI is InChI=1S/C18H16N4O/c1-3-14-16(22-10-6-7-12(2)17(22)20-14)18(23)21-15-9-5-4-8-13(15)11-19/h4-10H,3H2,1-2H3,(H,21,23). The Kier molecular flexibility index (Phi) is 3.82. The molecule has 0 fully saturated rings. The van der Waals surface area contributed by atoms with Crippen LogP contribution in [0.25, 0.3) is 5.65 Å². The smallest absolute Gasteiger partial charge is 0.274 e. The van der Waals surface area contributed by atoms with Gasteiger partial charge in [0.1, 0.15) is 17.4 Å². The molecule has 1 amide bonds. The van der Waals surface area contributed by atoms with Gasteiger partial charge in [-0.1, -0.05) is 25.1 Å². The zero-order valence-corrected chi connectivity index (χ0v) is 13.0. The number of rotatable bonds is 3. The highest BCUT2D eigenvalue weighted by atomic mass is 16.2. The van der Waals surface area contributed by atoms with E-state index < -0.39 is 0 Å². The fraction of sp³-hybridized carbons (Fsp3) is 0.167. The van der Waals surface area contributed by atoms with Crippen LogP contribution in [0, 0.1) is 18.3 Å². The lowest BCUT2D eigenvalue weighted by atomic mass is 10.2. The Morgan fingerprint density at radius 2 is 2.09 bits per heavy atom. The van der Waals surface area contributed by atoms with E-state index in [9.17, 15) is 4.79 Å². The van der Waals surface area contributed by atoms with E-state index in [0.29, 0.717) is 23.4 Å². The third-order valence-corrected chi connectivity index (χ3v) is 3.76. The van der Waals surface area contributed by atoms with Crippen molar-refractivity contribution in [2.45, 2.75) is 20.3 Å². The van der Waals surface area contributed by atoms with Crippen LogP contribution in [0.15, 0.2) is 42.6 Å². The van der Waals surface area contributed by atoms with Gasteiger partial charge in [-0.2, -0.15) is 5.26 Å². The molecule has 0 radical (unpaired) electrons. The highest BCUT2D eigenvalue weighted by molar-refractivity contribution is 6.05. The molecular weight excluding hydrogens is 288 g/mol. The first-order chi connectivity index (χ1) is 11.2. The number of amides is 1. The van der Waals surface area contributed by atoms with Crippen molar-refractivity contribution in [3.8, 4) is 6.07 Å². The van der Waals surface area contributed by atoms with E-state index in [1.807, 2.05) is 32.2 Å². The minimum absolute atomic E-state index is 0.261. The zero-order valence-electron chi connectivity index (χ0n) is 13.0. The summed E-state index contributed by atoms with van der Waals surface area (Å²) in [6.45, 7) is 3.94. The van der Waals surface area contributed by atoms with E-state index in [0.717, 1.165) is 16.9 Å². The molecule has 1 aromatic carbocycles. The molecule has 0 aliphatic rings. The molecule has 0 atom stereocenters. The van der Waals surface area contributed by atoms with Crippen LogP contribution in [0.1, 0.15) is 34.2 Å². The van der Waals surface area contributed by atoms with Crippen LogP contribution >= 0.6 is 0 Å². The van der Waals surface area contributed by atoms with E-state index in [-0.39, 0.29) is 5.91 Å². The molecule has 2 aromatic heterocycles. The SMILES string of the molecule is CCc1nc2c(C)cccn2c1C(=O)Nc1ccccc1C#N. The number of fused-ring (bicyclic) bond motifs is 1. The van der Waals surface area contributed by atoms with Crippen LogP contribution in [0.3, 0.4) is 0 Å². The van der Waals surface area contributed by atoms with Gasteiger partial charge in [0.25, 0.3) is 5.91 Å². The minimum atomic E-state index is -0.261. The van der Waals surface area contributed by atoms with Crippen LogP contribution in [0.4, 0.5) is 5.69 Å². The third kappa shape index (κ3) is 2.55. The van der Waals surface area contributed by atoms with Gasteiger partial charge in [-0.15, -0.1) is 0 Å². The largest absolute Gasteiger partial charge is 0.319 e. The molecule has 0 unspecified atom stereocenters. The van der Waals surface area contributed by atoms with Crippen molar-refractivity contribution in [2.75, 3.05) is 5.32 Å². The molecule has 5 heteroatoms. The molecule has 0 aliphatic heterocycles. The summed E-state index contributed by atoms with van der Waals surface area (Å²) < 4.78 is 1.80. The quantitative estimate of drug-likeness (QED) is 0.807. The summed E-state index contributed by atoms with van der Waals surface area (Å²) in [7, 11) is 0.